The number of hydrogen-bond donors (Lipinski definition) is 3. The van der Waals surface area contributed by atoms with Crippen molar-refractivity contribution in [3.05, 3.63) is 186 Å². The summed E-state index contributed by atoms with van der Waals surface area (Å²) in [5.74, 6) is -1.43. The van der Waals surface area contributed by atoms with Gasteiger partial charge in [0.15, 0.2) is 11.2 Å². The van der Waals surface area contributed by atoms with Crippen LogP contribution in [0.5, 0.6) is 11.5 Å². The van der Waals surface area contributed by atoms with Crippen molar-refractivity contribution >= 4 is 263 Å². The fourth-order valence-corrected chi connectivity index (χ4v) is 23.8. The minimum Gasteiger partial charge on any atom is -0.507 e. The molecule has 1 unspecified atom stereocenters. The number of nitrogens with two attached hydrogens (primary N) is 1. The second-order valence-corrected chi connectivity index (χ2v) is 30.3. The van der Waals surface area contributed by atoms with Gasteiger partial charge in [0, 0.05) is 123 Å². The molecule has 466 valence electrons. The van der Waals surface area contributed by atoms with E-state index in [2.05, 4.69) is 30.3 Å². The molecule has 0 saturated heterocycles. The first kappa shape index (κ1) is 49.1. The molecule has 1 amide bonds. The Morgan fingerprint density at radius 1 is 0.500 bits per heavy atom. The van der Waals surface area contributed by atoms with Gasteiger partial charge in [-0.15, -0.1) is 0 Å². The maximum Gasteiger partial charge on any atom is 0.347 e. The summed E-state index contributed by atoms with van der Waals surface area (Å²) < 4.78 is 33.7. The summed E-state index contributed by atoms with van der Waals surface area (Å²) in [7, 11) is 0. The maximum atomic E-state index is 15.5. The number of hydrogen-bond acceptors (Lipinski definition) is 13. The van der Waals surface area contributed by atoms with E-state index in [-0.39, 0.29) is 71.0 Å². The van der Waals surface area contributed by atoms with E-state index < -0.39 is 34.7 Å². The minimum atomic E-state index is -1.15. The number of ketones is 1. The van der Waals surface area contributed by atoms with Gasteiger partial charge in [-0.1, -0.05) is 6.08 Å². The Hall–Kier alpha value is -13.5. The van der Waals surface area contributed by atoms with Crippen LogP contribution in [0.1, 0.15) is 45.1 Å². The molecule has 18 aromatic carbocycles. The number of aliphatic carboxylic acids is 1. The minimum absolute atomic E-state index is 0.00633. The lowest BCUT2D eigenvalue weighted by Gasteiger charge is -2.37. The van der Waals surface area contributed by atoms with Crippen LogP contribution in [0.4, 0.5) is 0 Å². The Morgan fingerprint density at radius 2 is 1.18 bits per heavy atom. The van der Waals surface area contributed by atoms with Crippen LogP contribution < -0.4 is 53.8 Å². The zero-order chi connectivity index (χ0) is 66.2. The molecular weight excluding hydrogens is 1280 g/mol. The fraction of sp³-hybridized carbons (Fsp3) is 0.0690. The van der Waals surface area contributed by atoms with Crippen molar-refractivity contribution in [1.82, 2.24) is 0 Å². The molecule has 0 saturated carbocycles. The topological polar surface area (TPSA) is 248 Å². The summed E-state index contributed by atoms with van der Waals surface area (Å²) in [6.45, 7) is -0.0672. The van der Waals surface area contributed by atoms with Crippen molar-refractivity contribution < 1.29 is 47.0 Å². The first-order chi connectivity index (χ1) is 49.8. The second kappa shape index (κ2) is 14.2. The number of aromatic hydroxyl groups is 1. The molecule has 4 aromatic heterocycles. The molecule has 15 heteroatoms. The van der Waals surface area contributed by atoms with Crippen molar-refractivity contribution in [1.29, 1.82) is 0 Å². The van der Waals surface area contributed by atoms with E-state index in [1.54, 1.807) is 12.1 Å². The van der Waals surface area contributed by atoms with Gasteiger partial charge in [0.25, 0.3) is 0 Å². The number of benzene rings is 18. The molecule has 8 aliphatic rings. The van der Waals surface area contributed by atoms with E-state index >= 15 is 9.59 Å². The van der Waals surface area contributed by atoms with Crippen molar-refractivity contribution in [2.24, 2.45) is 5.73 Å². The van der Waals surface area contributed by atoms with Crippen molar-refractivity contribution in [3.8, 4) is 22.6 Å². The summed E-state index contributed by atoms with van der Waals surface area (Å²) in [4.78, 5) is 104. The van der Waals surface area contributed by atoms with E-state index in [9.17, 15) is 34.2 Å². The Balaban J connectivity index is 1.01. The van der Waals surface area contributed by atoms with Crippen LogP contribution in [0.2, 0.25) is 0 Å². The van der Waals surface area contributed by atoms with Gasteiger partial charge in [0.1, 0.15) is 41.1 Å². The predicted octanol–water partition coefficient (Wildman–Crippen LogP) is 12.8. The number of carbonyl (C=O) groups excluding carboxylic acids is 2. The summed E-state index contributed by atoms with van der Waals surface area (Å²) >= 11 is 0. The van der Waals surface area contributed by atoms with E-state index in [0.29, 0.717) is 120 Å². The third kappa shape index (κ3) is 4.39. The van der Waals surface area contributed by atoms with Crippen LogP contribution in [0.15, 0.2) is 121 Å². The normalized spacial score (nSPS) is 17.3. The van der Waals surface area contributed by atoms with Crippen LogP contribution in [-0.2, 0) is 46.7 Å². The Morgan fingerprint density at radius 3 is 1.99 bits per heavy atom. The number of primary amides is 1. The lowest BCUT2D eigenvalue weighted by molar-refractivity contribution is -0.130. The summed E-state index contributed by atoms with van der Waals surface area (Å²) in [6, 6.07) is 13.9. The predicted molar refractivity (Wildman–Crippen MR) is 392 cm³/mol. The molecular formula is C87H29NO14. The monoisotopic (exact) mass is 1310 g/mol. The molecule has 102 heavy (non-hydrogen) atoms. The van der Waals surface area contributed by atoms with Gasteiger partial charge in [0.2, 0.25) is 5.91 Å². The highest BCUT2D eigenvalue weighted by atomic mass is 16.5. The third-order valence-electron chi connectivity index (χ3n) is 26.7. The molecule has 0 radical (unpaired) electrons. The Bertz CT molecular complexity index is 9180. The smallest absolute Gasteiger partial charge is 0.347 e. The van der Waals surface area contributed by atoms with E-state index in [0.717, 1.165) is 178 Å². The SMILES string of the molecule is NC(=O)C1=CC2=C3Cc4occc(=O)c4-c4cc5c6c7c8cc5c(c5cc(oc9cc%10c8c8c%11c7c(c(O)c7cc%12c%13c%14c(c%15coc(=O)c%16cc%17c%18c%19c(c%20c(=O)oc(=O)c%21c%22c%23c(c9=CC%22)c%10c9c%10c%23c(c%20%21)c%19c%19c%17c(c%16%15)c%14c(c(c%13c7%11)c89)c%19%10)CC(=O)C=%18)=C(C(=O)O)C%12)CO6)=CC(=C1)C25)c43. The average Bonchev–Trinajstić information content (AvgIpc) is 0.617. The van der Waals surface area contributed by atoms with Gasteiger partial charge in [0.05, 0.1) is 28.0 Å². The van der Waals surface area contributed by atoms with Gasteiger partial charge < -0.3 is 38.4 Å². The number of ether oxygens (including phenoxy) is 1. The van der Waals surface area contributed by atoms with Gasteiger partial charge >= 0.3 is 22.8 Å². The number of phenols is 1. The maximum absolute atomic E-state index is 15.5. The van der Waals surface area contributed by atoms with Crippen molar-refractivity contribution in [2.45, 2.75) is 38.2 Å². The lowest BCUT2D eigenvalue weighted by atomic mass is 9.66. The number of fused-ring (bicyclic) bond motifs is 10. The number of carbonyl (C=O) groups is 3. The third-order valence-corrected chi connectivity index (χ3v) is 26.7. The second-order valence-electron chi connectivity index (χ2n) is 30.3. The largest absolute Gasteiger partial charge is 0.507 e. The Kier molecular flexibility index (Phi) is 6.84. The van der Waals surface area contributed by atoms with Crippen LogP contribution in [0.25, 0.3) is 256 Å². The average molecular weight is 1310 g/mol. The van der Waals surface area contributed by atoms with E-state index in [1.165, 1.54) is 18.6 Å². The highest BCUT2D eigenvalue weighted by molar-refractivity contribution is 6.67. The number of phenolic OH excluding ortho intramolecular Hbond substituents is 1. The number of carboxylic acid groups (broad SMARTS) is 1. The van der Waals surface area contributed by atoms with E-state index in [1.807, 2.05) is 24.3 Å². The molecule has 1 atom stereocenters. The van der Waals surface area contributed by atoms with Gasteiger partial charge in [-0.25, -0.2) is 19.2 Å². The molecule has 0 spiro atoms. The molecule has 1 aliphatic heterocycles. The number of rotatable bonds is 2. The number of allylic oxidation sites excluding steroid dienone is 4. The first-order valence-corrected chi connectivity index (χ1v) is 34.2. The highest BCUT2D eigenvalue weighted by Gasteiger charge is 2.45. The molecule has 22 aromatic rings. The Labute approximate surface area is 558 Å². The standard InChI is InChI=1S/C87H29NO14/c88-83(92)22-5-20-6-24-12-34-46(20)27(9-22)31-16-45-54(43(90)3-4-98-45)35-15-32-30(48(34)49(31)35)13-36-51-37-17-44(101-24)25-1-2-26-56-55(25)58(37)72-77-68(51)69-59-38(81(91)42-19-99-82(32)61(36)60(42)69)7-21-8-39(84(93)94)52-41-18-100-85(95)40-14-29-28-10-23(89)11-33-50(28)67-71-57(29)66(53(40)41)74-64(52)47(21)65(59)75(77)80(74)79(71)78(72)70(56)76(67)73-62(26)86(96)102-87(97)63(33)73/h1,3-7,9-10,12-15,17-18,46,91H,2,8,11,16,19H2,(H2,88,92)(H,93,94). The summed E-state index contributed by atoms with van der Waals surface area (Å²) in [6.07, 6.45) is 12.6. The fourth-order valence-electron chi connectivity index (χ4n) is 23.8. The molecule has 7 aliphatic carbocycles. The van der Waals surface area contributed by atoms with Crippen LogP contribution >= 0.6 is 0 Å². The van der Waals surface area contributed by atoms with Crippen LogP contribution in [0, 0.1) is 0 Å². The van der Waals surface area contributed by atoms with Crippen LogP contribution in [0.3, 0.4) is 0 Å². The molecule has 6 bridgehead atoms. The zero-order valence-corrected chi connectivity index (χ0v) is 52.1. The summed E-state index contributed by atoms with van der Waals surface area (Å²) in [5, 5.41) is 55.9. The first-order valence-electron chi connectivity index (χ1n) is 34.2. The molecule has 4 N–H and O–H groups in total. The van der Waals surface area contributed by atoms with Gasteiger partial charge in [-0.3, -0.25) is 14.4 Å². The van der Waals surface area contributed by atoms with E-state index in [4.69, 9.17) is 28.1 Å². The van der Waals surface area contributed by atoms with Gasteiger partial charge in [-0.2, -0.15) is 0 Å². The highest BCUT2D eigenvalue weighted by Crippen LogP contribution is 2.68. The number of amides is 1. The van der Waals surface area contributed by atoms with Crippen molar-refractivity contribution in [3.63, 3.8) is 0 Å². The molecule has 5 heterocycles. The van der Waals surface area contributed by atoms with Crippen molar-refractivity contribution in [2.75, 3.05) is 0 Å². The molecule has 30 rings (SSSR count). The molecule has 15 nitrogen and oxygen atoms in total. The van der Waals surface area contributed by atoms with Crippen LogP contribution in [-0.4, -0.2) is 27.9 Å². The summed E-state index contributed by atoms with van der Waals surface area (Å²) in [5.41, 5.74) is 12.8. The number of carboxylic acids is 1. The molecule has 0 fully saturated rings. The lowest BCUT2D eigenvalue weighted by Crippen LogP contribution is -2.26. The zero-order valence-electron chi connectivity index (χ0n) is 52.1. The number of Topliss-reactive ketones (excluding diaryl/α,β-unsaturated/α-hetero) is 1. The van der Waals surface area contributed by atoms with Gasteiger partial charge in [-0.05, 0) is 252 Å². The quantitative estimate of drug-likeness (QED) is 0.108.